The monoisotopic (exact) mass is 582 g/mol. The summed E-state index contributed by atoms with van der Waals surface area (Å²) in [5.74, 6) is -1.03. The minimum atomic E-state index is -0.375. The fourth-order valence-corrected chi connectivity index (χ4v) is 5.05. The van der Waals surface area contributed by atoms with Gasteiger partial charge in [-0.2, -0.15) is 0 Å². The quantitative estimate of drug-likeness (QED) is 0.338. The Kier molecular flexibility index (Phi) is 12.7. The summed E-state index contributed by atoms with van der Waals surface area (Å²) in [4.78, 5) is 50.9. The molecule has 2 saturated heterocycles. The Morgan fingerprint density at radius 3 is 1.31 bits per heavy atom. The Bertz CT molecular complexity index is 1070. The van der Waals surface area contributed by atoms with Crippen molar-refractivity contribution in [1.82, 2.24) is 9.80 Å². The van der Waals surface area contributed by atoms with Gasteiger partial charge in [-0.05, 0) is 50.7 Å². The first-order valence-electron chi connectivity index (χ1n) is 14.3. The highest BCUT2D eigenvalue weighted by Crippen LogP contribution is 2.25. The van der Waals surface area contributed by atoms with Crippen LogP contribution in [0.4, 0.5) is 9.59 Å². The lowest BCUT2D eigenvalue weighted by Gasteiger charge is -2.36. The van der Waals surface area contributed by atoms with Crippen LogP contribution in [0.15, 0.2) is 60.7 Å². The van der Waals surface area contributed by atoms with E-state index in [1.807, 2.05) is 74.5 Å². The van der Waals surface area contributed by atoms with E-state index < -0.39 is 0 Å². The molecule has 2 aromatic carbocycles. The van der Waals surface area contributed by atoms with Crippen molar-refractivity contribution >= 4 is 24.1 Å². The van der Waals surface area contributed by atoms with Gasteiger partial charge in [-0.25, -0.2) is 9.59 Å². The van der Waals surface area contributed by atoms with Crippen molar-refractivity contribution in [2.24, 2.45) is 11.8 Å². The molecule has 2 heterocycles. The van der Waals surface area contributed by atoms with E-state index in [-0.39, 0.29) is 61.3 Å². The smallest absolute Gasteiger partial charge is 0.410 e. The Hall–Kier alpha value is -4.08. The van der Waals surface area contributed by atoms with E-state index in [0.717, 1.165) is 36.8 Å². The number of benzene rings is 2. The average molecular weight is 583 g/mol. The lowest BCUT2D eigenvalue weighted by molar-refractivity contribution is -0.148. The molecular weight excluding hydrogens is 540 g/mol. The predicted octanol–water partition coefficient (Wildman–Crippen LogP) is 5.19. The van der Waals surface area contributed by atoms with Gasteiger partial charge >= 0.3 is 24.1 Å². The van der Waals surface area contributed by atoms with E-state index in [4.69, 9.17) is 18.9 Å². The first-order chi connectivity index (χ1) is 20.2. The molecule has 10 heteroatoms. The number of piperidine rings is 2. The first-order valence-corrected chi connectivity index (χ1v) is 14.3. The number of likely N-dealkylation sites (tertiary alicyclic amines) is 2. The standard InChI is InChI=1S/2C16H21NO4/c2*1-12-8-9-14(15(18)20-2)10-17(12)16(19)21-11-13-6-4-3-5-7-13/h2*3-7,12,14H,8-11H2,1-2H3/t2*12-,14+/m10/s1. The summed E-state index contributed by atoms with van der Waals surface area (Å²) in [7, 11) is 2.75. The highest BCUT2D eigenvalue weighted by atomic mass is 16.6. The molecule has 0 spiro atoms. The lowest BCUT2D eigenvalue weighted by atomic mass is 9.94. The number of amides is 2. The van der Waals surface area contributed by atoms with Crippen LogP contribution < -0.4 is 0 Å². The van der Waals surface area contributed by atoms with E-state index in [9.17, 15) is 19.2 Å². The number of hydrogen-bond donors (Lipinski definition) is 0. The van der Waals surface area contributed by atoms with E-state index >= 15 is 0 Å². The van der Waals surface area contributed by atoms with Gasteiger partial charge < -0.3 is 28.7 Å². The van der Waals surface area contributed by atoms with Gasteiger partial charge in [-0.15, -0.1) is 0 Å². The molecule has 0 bridgehead atoms. The van der Waals surface area contributed by atoms with Crippen LogP contribution in [-0.2, 0) is 41.8 Å². The molecule has 0 aromatic heterocycles. The van der Waals surface area contributed by atoms with Crippen molar-refractivity contribution in [1.29, 1.82) is 0 Å². The minimum Gasteiger partial charge on any atom is -0.469 e. The fraction of sp³-hybridized carbons (Fsp3) is 0.500. The van der Waals surface area contributed by atoms with E-state index in [1.165, 1.54) is 14.2 Å². The average Bonchev–Trinajstić information content (AvgIpc) is 3.03. The summed E-state index contributed by atoms with van der Waals surface area (Å²) in [5.41, 5.74) is 1.89. The number of rotatable bonds is 6. The number of esters is 2. The van der Waals surface area contributed by atoms with Crippen LogP contribution in [0.3, 0.4) is 0 Å². The van der Waals surface area contributed by atoms with Gasteiger partial charge in [0, 0.05) is 25.2 Å². The molecule has 0 radical (unpaired) electrons. The molecule has 2 aliphatic rings. The topological polar surface area (TPSA) is 112 Å². The lowest BCUT2D eigenvalue weighted by Crippen LogP contribution is -2.47. The van der Waals surface area contributed by atoms with Crippen LogP contribution >= 0.6 is 0 Å². The van der Waals surface area contributed by atoms with Crippen LogP contribution in [0.1, 0.15) is 50.7 Å². The van der Waals surface area contributed by atoms with Crippen molar-refractivity contribution in [3.63, 3.8) is 0 Å². The number of ether oxygens (including phenoxy) is 4. The Morgan fingerprint density at radius 1 is 0.619 bits per heavy atom. The largest absolute Gasteiger partial charge is 0.469 e. The summed E-state index contributed by atoms with van der Waals surface area (Å²) in [6.45, 7) is 5.15. The molecule has 42 heavy (non-hydrogen) atoms. The van der Waals surface area contributed by atoms with Crippen molar-refractivity contribution in [2.45, 2.75) is 64.8 Å². The molecule has 4 atom stereocenters. The highest BCUT2D eigenvalue weighted by Gasteiger charge is 2.35. The van der Waals surface area contributed by atoms with Crippen molar-refractivity contribution in [3.05, 3.63) is 71.8 Å². The van der Waals surface area contributed by atoms with Crippen molar-refractivity contribution in [3.8, 4) is 0 Å². The van der Waals surface area contributed by atoms with Crippen LogP contribution in [0.2, 0.25) is 0 Å². The molecule has 2 amide bonds. The summed E-state index contributed by atoms with van der Waals surface area (Å²) < 4.78 is 20.2. The molecular formula is C32H42N2O8. The maximum atomic E-state index is 12.2. The van der Waals surface area contributed by atoms with Gasteiger partial charge in [0.15, 0.2) is 0 Å². The van der Waals surface area contributed by atoms with Crippen molar-refractivity contribution < 1.29 is 38.1 Å². The second-order valence-electron chi connectivity index (χ2n) is 10.7. The fourth-order valence-electron chi connectivity index (χ4n) is 5.05. The van der Waals surface area contributed by atoms with Crippen LogP contribution in [0.25, 0.3) is 0 Å². The SMILES string of the molecule is COC(=O)[C@@H]1CC[C@H](C)N(C(=O)OCc2ccccc2)C1.COC(=O)[C@H]1CC[C@@H](C)N(C(=O)OCc2ccccc2)C1. The molecule has 10 nitrogen and oxygen atoms in total. The molecule has 2 fully saturated rings. The number of carbonyl (C=O) groups is 4. The van der Waals surface area contributed by atoms with E-state index in [2.05, 4.69) is 0 Å². The zero-order valence-corrected chi connectivity index (χ0v) is 24.9. The molecule has 0 saturated carbocycles. The second-order valence-corrected chi connectivity index (χ2v) is 10.7. The van der Waals surface area contributed by atoms with Crippen LogP contribution in [0.5, 0.6) is 0 Å². The van der Waals surface area contributed by atoms with Gasteiger partial charge in [0.1, 0.15) is 13.2 Å². The highest BCUT2D eigenvalue weighted by molar-refractivity contribution is 5.75. The van der Waals surface area contributed by atoms with Gasteiger partial charge in [0.05, 0.1) is 26.1 Å². The number of hydrogen-bond acceptors (Lipinski definition) is 8. The van der Waals surface area contributed by atoms with Crippen molar-refractivity contribution in [2.75, 3.05) is 27.3 Å². The zero-order valence-electron chi connectivity index (χ0n) is 24.9. The number of nitrogens with zero attached hydrogens (tertiary/aromatic N) is 2. The molecule has 0 unspecified atom stereocenters. The minimum absolute atomic E-state index is 0.0779. The third-order valence-electron chi connectivity index (χ3n) is 7.71. The summed E-state index contributed by atoms with van der Waals surface area (Å²) in [6, 6.07) is 19.2. The predicted molar refractivity (Wildman–Crippen MR) is 155 cm³/mol. The van der Waals surface area contributed by atoms with Gasteiger partial charge in [0.25, 0.3) is 0 Å². The summed E-state index contributed by atoms with van der Waals surface area (Å²) >= 11 is 0. The normalized spacial score (nSPS) is 21.7. The Balaban J connectivity index is 0.000000230. The van der Waals surface area contributed by atoms with E-state index in [1.54, 1.807) is 9.80 Å². The van der Waals surface area contributed by atoms with Crippen LogP contribution in [0, 0.1) is 11.8 Å². The maximum Gasteiger partial charge on any atom is 0.410 e. The third-order valence-corrected chi connectivity index (χ3v) is 7.71. The third kappa shape index (κ3) is 9.49. The number of methoxy groups -OCH3 is 2. The molecule has 2 aromatic rings. The zero-order chi connectivity index (χ0) is 30.5. The molecule has 4 rings (SSSR count). The van der Waals surface area contributed by atoms with Crippen LogP contribution in [-0.4, -0.2) is 73.3 Å². The number of carbonyl (C=O) groups excluding carboxylic acids is 4. The van der Waals surface area contributed by atoms with E-state index in [0.29, 0.717) is 13.1 Å². The summed E-state index contributed by atoms with van der Waals surface area (Å²) in [6.07, 6.45) is 2.30. The molecule has 228 valence electrons. The van der Waals surface area contributed by atoms with Gasteiger partial charge in [0.2, 0.25) is 0 Å². The summed E-state index contributed by atoms with van der Waals surface area (Å²) in [5, 5.41) is 0. The maximum absolute atomic E-state index is 12.2. The Morgan fingerprint density at radius 2 is 0.976 bits per heavy atom. The molecule has 2 aliphatic heterocycles. The van der Waals surface area contributed by atoms with Gasteiger partial charge in [-0.3, -0.25) is 9.59 Å². The molecule has 0 aliphatic carbocycles. The molecule has 0 N–H and O–H groups in total. The van der Waals surface area contributed by atoms with Gasteiger partial charge in [-0.1, -0.05) is 60.7 Å². The Labute approximate surface area is 247 Å². The second kappa shape index (κ2) is 16.4. The first kappa shape index (κ1) is 32.4.